The molecule has 2 fully saturated rings. The number of aromatic nitrogens is 2. The minimum absolute atomic E-state index is 0.0908. The first-order valence-electron chi connectivity index (χ1n) is 13.0. The van der Waals surface area contributed by atoms with Crippen LogP contribution in [0.2, 0.25) is 0 Å². The molecule has 4 atom stereocenters. The second-order valence-electron chi connectivity index (χ2n) is 11.2. The Kier molecular flexibility index (Phi) is 6.48. The lowest BCUT2D eigenvalue weighted by atomic mass is 9.73. The van der Waals surface area contributed by atoms with Crippen LogP contribution in [0.5, 0.6) is 0 Å². The molecular formula is C30H33N3O7. The molecule has 4 unspecified atom stereocenters. The second kappa shape index (κ2) is 9.36. The third-order valence-electron chi connectivity index (χ3n) is 8.16. The summed E-state index contributed by atoms with van der Waals surface area (Å²) in [5.41, 5.74) is -4.94. The molecule has 0 radical (unpaired) electrons. The third kappa shape index (κ3) is 4.23. The molecule has 2 saturated heterocycles. The van der Waals surface area contributed by atoms with E-state index in [1.54, 1.807) is 82.3 Å². The molecule has 2 aliphatic heterocycles. The molecule has 1 N–H and O–H groups in total. The van der Waals surface area contributed by atoms with Gasteiger partial charge in [0.2, 0.25) is 0 Å². The Labute approximate surface area is 232 Å². The van der Waals surface area contributed by atoms with Crippen molar-refractivity contribution in [3.63, 3.8) is 0 Å². The maximum Gasteiger partial charge on any atom is 0.351 e. The van der Waals surface area contributed by atoms with Gasteiger partial charge in [0.15, 0.2) is 11.5 Å². The van der Waals surface area contributed by atoms with E-state index in [1.165, 1.54) is 16.8 Å². The monoisotopic (exact) mass is 547 g/mol. The number of carbonyl (C=O) groups excluding carboxylic acids is 2. The Balaban J connectivity index is 1.48. The van der Waals surface area contributed by atoms with Crippen LogP contribution in [0.25, 0.3) is 0 Å². The minimum Gasteiger partial charge on any atom is -0.459 e. The zero-order valence-corrected chi connectivity index (χ0v) is 23.4. The topological polar surface area (TPSA) is 118 Å². The number of carbonyl (C=O) groups is 2. The van der Waals surface area contributed by atoms with Gasteiger partial charge < -0.3 is 24.3 Å². The van der Waals surface area contributed by atoms with Crippen molar-refractivity contribution >= 4 is 17.7 Å². The fourth-order valence-corrected chi connectivity index (χ4v) is 5.86. The van der Waals surface area contributed by atoms with E-state index < -0.39 is 45.9 Å². The summed E-state index contributed by atoms with van der Waals surface area (Å²) >= 11 is 0. The number of ether oxygens (including phenoxy) is 4. The van der Waals surface area contributed by atoms with Gasteiger partial charge in [-0.1, -0.05) is 36.4 Å². The van der Waals surface area contributed by atoms with Crippen LogP contribution in [0.4, 0.5) is 5.82 Å². The first-order chi connectivity index (χ1) is 18.7. The number of esters is 1. The second-order valence-corrected chi connectivity index (χ2v) is 11.2. The van der Waals surface area contributed by atoms with Gasteiger partial charge in [0.1, 0.15) is 29.2 Å². The number of nitrogens with zero attached hydrogens (tertiary/aromatic N) is 2. The van der Waals surface area contributed by atoms with Crippen LogP contribution >= 0.6 is 0 Å². The maximum atomic E-state index is 13.4. The number of fused-ring (bicyclic) bond motifs is 1. The summed E-state index contributed by atoms with van der Waals surface area (Å²) in [5.74, 6) is -1.86. The number of amides is 1. The van der Waals surface area contributed by atoms with Crippen molar-refractivity contribution in [2.24, 2.45) is 0 Å². The summed E-state index contributed by atoms with van der Waals surface area (Å²) in [4.78, 5) is 43.0. The molecular weight excluding hydrogens is 514 g/mol. The summed E-state index contributed by atoms with van der Waals surface area (Å²) in [7, 11) is 0. The highest BCUT2D eigenvalue weighted by molar-refractivity contribution is 6.03. The van der Waals surface area contributed by atoms with Crippen LogP contribution in [0.3, 0.4) is 0 Å². The van der Waals surface area contributed by atoms with Gasteiger partial charge in [0.05, 0.1) is 5.56 Å². The van der Waals surface area contributed by atoms with E-state index >= 15 is 0 Å². The van der Waals surface area contributed by atoms with Crippen LogP contribution in [0.15, 0.2) is 77.7 Å². The largest absolute Gasteiger partial charge is 0.459 e. The number of benzene rings is 2. The van der Waals surface area contributed by atoms with E-state index in [1.807, 2.05) is 19.9 Å². The summed E-state index contributed by atoms with van der Waals surface area (Å²) < 4.78 is 26.6. The van der Waals surface area contributed by atoms with E-state index in [-0.39, 0.29) is 12.4 Å². The molecule has 0 aliphatic carbocycles. The molecule has 210 valence electrons. The molecule has 1 amide bonds. The maximum absolute atomic E-state index is 13.4. The van der Waals surface area contributed by atoms with E-state index in [4.69, 9.17) is 18.9 Å². The molecule has 5 rings (SSSR count). The summed E-state index contributed by atoms with van der Waals surface area (Å²) in [6.45, 7) is 10.5. The first-order valence-corrected chi connectivity index (χ1v) is 13.0. The van der Waals surface area contributed by atoms with E-state index in [0.29, 0.717) is 11.1 Å². The molecule has 10 heteroatoms. The van der Waals surface area contributed by atoms with Crippen molar-refractivity contribution in [1.82, 2.24) is 9.55 Å². The highest BCUT2D eigenvalue weighted by Gasteiger charge is 2.80. The first kappa shape index (κ1) is 27.7. The van der Waals surface area contributed by atoms with Gasteiger partial charge in [-0.25, -0.2) is 9.59 Å². The number of anilines is 1. The Morgan fingerprint density at radius 1 is 0.825 bits per heavy atom. The molecule has 2 aliphatic rings. The standard InChI is InChI=1S/C30H33N3O7/c1-26(2)38-28(4)27(3,19-37-24(35)21-15-11-8-12-16-21)40-30(6,29(28,5)39-26)33-18-17-22(32-25(33)36)31-23(34)20-13-9-7-10-14-20/h7-18H,19H2,1-6H3,(H,31,32,34,36). The number of nitrogens with one attached hydrogen (secondary N) is 1. The Hall–Kier alpha value is -3.86. The number of hydrogen-bond donors (Lipinski definition) is 1. The van der Waals surface area contributed by atoms with Gasteiger partial charge in [-0.3, -0.25) is 9.36 Å². The van der Waals surface area contributed by atoms with E-state index in [9.17, 15) is 14.4 Å². The van der Waals surface area contributed by atoms with Crippen LogP contribution in [0.1, 0.15) is 62.3 Å². The number of rotatable bonds is 6. The fourth-order valence-electron chi connectivity index (χ4n) is 5.86. The van der Waals surface area contributed by atoms with Gasteiger partial charge in [-0.2, -0.15) is 4.98 Å². The Morgan fingerprint density at radius 2 is 1.40 bits per heavy atom. The highest BCUT2D eigenvalue weighted by atomic mass is 16.8. The Morgan fingerprint density at radius 3 is 2.00 bits per heavy atom. The molecule has 3 heterocycles. The average molecular weight is 548 g/mol. The predicted octanol–water partition coefficient (Wildman–Crippen LogP) is 4.11. The van der Waals surface area contributed by atoms with Gasteiger partial charge in [0, 0.05) is 11.8 Å². The lowest BCUT2D eigenvalue weighted by molar-refractivity contribution is -0.277. The summed E-state index contributed by atoms with van der Waals surface area (Å²) in [6.07, 6.45) is 1.50. The molecule has 3 aromatic rings. The van der Waals surface area contributed by atoms with Gasteiger partial charge in [-0.05, 0) is 71.9 Å². The smallest absolute Gasteiger partial charge is 0.351 e. The quantitative estimate of drug-likeness (QED) is 0.458. The van der Waals surface area contributed by atoms with Crippen molar-refractivity contribution in [3.05, 3.63) is 94.5 Å². The molecule has 0 spiro atoms. The average Bonchev–Trinajstić information content (AvgIpc) is 3.19. The lowest BCUT2D eigenvalue weighted by Gasteiger charge is -2.41. The van der Waals surface area contributed by atoms with Gasteiger partial charge in [-0.15, -0.1) is 0 Å². The van der Waals surface area contributed by atoms with Crippen LogP contribution in [-0.4, -0.2) is 50.6 Å². The molecule has 40 heavy (non-hydrogen) atoms. The van der Waals surface area contributed by atoms with Crippen molar-refractivity contribution in [2.75, 3.05) is 11.9 Å². The zero-order valence-electron chi connectivity index (χ0n) is 23.4. The van der Waals surface area contributed by atoms with E-state index in [2.05, 4.69) is 10.3 Å². The van der Waals surface area contributed by atoms with Crippen LogP contribution in [0, 0.1) is 0 Å². The molecule has 0 bridgehead atoms. The van der Waals surface area contributed by atoms with Gasteiger partial charge in [0.25, 0.3) is 5.91 Å². The summed E-state index contributed by atoms with van der Waals surface area (Å²) in [6, 6.07) is 18.8. The predicted molar refractivity (Wildman–Crippen MR) is 146 cm³/mol. The van der Waals surface area contributed by atoms with Crippen molar-refractivity contribution < 1.29 is 28.5 Å². The van der Waals surface area contributed by atoms with Crippen LogP contribution < -0.4 is 11.0 Å². The van der Waals surface area contributed by atoms with E-state index in [0.717, 1.165) is 0 Å². The normalized spacial score (nSPS) is 30.4. The minimum atomic E-state index is -1.45. The van der Waals surface area contributed by atoms with Crippen molar-refractivity contribution in [2.45, 2.75) is 69.9 Å². The Bertz CT molecular complexity index is 1510. The van der Waals surface area contributed by atoms with Gasteiger partial charge >= 0.3 is 11.7 Å². The van der Waals surface area contributed by atoms with Crippen LogP contribution in [-0.2, 0) is 24.7 Å². The number of hydrogen-bond acceptors (Lipinski definition) is 8. The highest BCUT2D eigenvalue weighted by Crippen LogP contribution is 2.63. The fraction of sp³-hybridized carbons (Fsp3) is 0.400. The molecule has 10 nitrogen and oxygen atoms in total. The molecule has 2 aromatic carbocycles. The zero-order chi connectivity index (χ0) is 29.0. The van der Waals surface area contributed by atoms with Crippen molar-refractivity contribution in [1.29, 1.82) is 0 Å². The summed E-state index contributed by atoms with van der Waals surface area (Å²) in [5, 5.41) is 2.65. The SMILES string of the molecule is CC1(C)OC2(C)C(C)(COC(=O)c3ccccc3)OC(C)(n3ccc(NC(=O)c4ccccc4)nc3=O)C2(C)O1. The molecule has 0 saturated carbocycles. The lowest BCUT2D eigenvalue weighted by Crippen LogP contribution is -2.62. The molecule has 1 aromatic heterocycles. The van der Waals surface area contributed by atoms with Crippen molar-refractivity contribution in [3.8, 4) is 0 Å². The third-order valence-corrected chi connectivity index (χ3v) is 8.16.